The Balaban J connectivity index is 2.52. The summed E-state index contributed by atoms with van der Waals surface area (Å²) in [6.45, 7) is 1.97. The summed E-state index contributed by atoms with van der Waals surface area (Å²) in [5.74, 6) is -0.220. The van der Waals surface area contributed by atoms with Crippen molar-refractivity contribution < 1.29 is 9.21 Å². The molecule has 1 aromatic carbocycles. The SMILES string of the molecule is CC(CC=O)c1ccc2c(c1)oc(=O)n2C. The molecule has 84 valence electrons. The molecule has 0 saturated carbocycles. The van der Waals surface area contributed by atoms with E-state index in [9.17, 15) is 9.59 Å². The van der Waals surface area contributed by atoms with Gasteiger partial charge in [0.1, 0.15) is 6.29 Å². The van der Waals surface area contributed by atoms with E-state index in [0.29, 0.717) is 12.0 Å². The summed E-state index contributed by atoms with van der Waals surface area (Å²) in [5.41, 5.74) is 2.35. The molecule has 1 atom stereocenters. The van der Waals surface area contributed by atoms with Gasteiger partial charge in [-0.3, -0.25) is 4.57 Å². The van der Waals surface area contributed by atoms with Gasteiger partial charge in [-0.15, -0.1) is 0 Å². The topological polar surface area (TPSA) is 52.2 Å². The highest BCUT2D eigenvalue weighted by Gasteiger charge is 2.10. The summed E-state index contributed by atoms with van der Waals surface area (Å²) in [4.78, 5) is 21.7. The molecule has 0 saturated heterocycles. The summed E-state index contributed by atoms with van der Waals surface area (Å²) in [6.07, 6.45) is 1.37. The Bertz CT molecular complexity index is 579. The molecule has 2 rings (SSSR count). The molecule has 4 nitrogen and oxygen atoms in total. The van der Waals surface area contributed by atoms with Crippen molar-refractivity contribution in [1.82, 2.24) is 4.57 Å². The van der Waals surface area contributed by atoms with Crippen LogP contribution in [0.25, 0.3) is 11.1 Å². The fourth-order valence-electron chi connectivity index (χ4n) is 1.74. The van der Waals surface area contributed by atoms with Crippen molar-refractivity contribution >= 4 is 17.4 Å². The quantitative estimate of drug-likeness (QED) is 0.740. The number of nitrogens with zero attached hydrogens (tertiary/aromatic N) is 1. The van der Waals surface area contributed by atoms with Crippen molar-refractivity contribution in [1.29, 1.82) is 0 Å². The number of oxazole rings is 1. The minimum Gasteiger partial charge on any atom is -0.408 e. The smallest absolute Gasteiger partial charge is 0.408 e. The van der Waals surface area contributed by atoms with Gasteiger partial charge < -0.3 is 9.21 Å². The van der Waals surface area contributed by atoms with Crippen LogP contribution in [0.5, 0.6) is 0 Å². The Morgan fingerprint density at radius 2 is 2.25 bits per heavy atom. The molecular formula is C12H13NO3. The van der Waals surface area contributed by atoms with E-state index < -0.39 is 0 Å². The second kappa shape index (κ2) is 3.96. The minimum atomic E-state index is -0.366. The molecule has 0 spiro atoms. The van der Waals surface area contributed by atoms with Crippen LogP contribution in [0.2, 0.25) is 0 Å². The van der Waals surface area contributed by atoms with E-state index in [0.717, 1.165) is 17.4 Å². The lowest BCUT2D eigenvalue weighted by atomic mass is 9.98. The maximum Gasteiger partial charge on any atom is 0.419 e. The van der Waals surface area contributed by atoms with Crippen LogP contribution in [0.3, 0.4) is 0 Å². The van der Waals surface area contributed by atoms with Crippen molar-refractivity contribution in [3.8, 4) is 0 Å². The standard InChI is InChI=1S/C12H13NO3/c1-8(5-6-14)9-3-4-10-11(7-9)16-12(15)13(10)2/h3-4,6-8H,5H2,1-2H3. The van der Waals surface area contributed by atoms with Gasteiger partial charge in [-0.1, -0.05) is 13.0 Å². The molecule has 0 bridgehead atoms. The second-order valence-electron chi connectivity index (χ2n) is 3.96. The summed E-state index contributed by atoms with van der Waals surface area (Å²) in [7, 11) is 1.67. The normalized spacial score (nSPS) is 12.9. The molecule has 2 aromatic rings. The van der Waals surface area contributed by atoms with Gasteiger partial charge in [-0.2, -0.15) is 0 Å². The zero-order valence-electron chi connectivity index (χ0n) is 9.27. The first-order valence-corrected chi connectivity index (χ1v) is 5.16. The van der Waals surface area contributed by atoms with E-state index in [4.69, 9.17) is 4.42 Å². The molecule has 1 heterocycles. The van der Waals surface area contributed by atoms with Crippen molar-refractivity contribution in [2.75, 3.05) is 0 Å². The van der Waals surface area contributed by atoms with Crippen LogP contribution in [0.1, 0.15) is 24.8 Å². The molecule has 0 aliphatic carbocycles. The molecule has 0 amide bonds. The lowest BCUT2D eigenvalue weighted by molar-refractivity contribution is -0.108. The van der Waals surface area contributed by atoms with E-state index in [-0.39, 0.29) is 11.7 Å². The fourth-order valence-corrected chi connectivity index (χ4v) is 1.74. The van der Waals surface area contributed by atoms with Gasteiger partial charge in [-0.05, 0) is 23.6 Å². The molecule has 0 radical (unpaired) electrons. The largest absolute Gasteiger partial charge is 0.419 e. The van der Waals surface area contributed by atoms with E-state index in [1.165, 1.54) is 4.57 Å². The van der Waals surface area contributed by atoms with E-state index in [1.54, 1.807) is 7.05 Å². The number of fused-ring (bicyclic) bond motifs is 1. The first kappa shape index (κ1) is 10.7. The lowest BCUT2D eigenvalue weighted by Gasteiger charge is -2.07. The summed E-state index contributed by atoms with van der Waals surface area (Å²) in [5, 5.41) is 0. The average molecular weight is 219 g/mol. The van der Waals surface area contributed by atoms with Gasteiger partial charge in [0.15, 0.2) is 5.58 Å². The predicted molar refractivity (Wildman–Crippen MR) is 60.6 cm³/mol. The average Bonchev–Trinajstić information content (AvgIpc) is 2.55. The highest BCUT2D eigenvalue weighted by molar-refractivity contribution is 5.74. The second-order valence-corrected chi connectivity index (χ2v) is 3.96. The van der Waals surface area contributed by atoms with Gasteiger partial charge in [0.25, 0.3) is 0 Å². The number of hydrogen-bond donors (Lipinski definition) is 0. The molecule has 1 unspecified atom stereocenters. The van der Waals surface area contributed by atoms with Crippen molar-refractivity contribution in [3.63, 3.8) is 0 Å². The van der Waals surface area contributed by atoms with Crippen molar-refractivity contribution in [3.05, 3.63) is 34.3 Å². The number of hydrogen-bond acceptors (Lipinski definition) is 3. The molecule has 4 heteroatoms. The van der Waals surface area contributed by atoms with Crippen LogP contribution in [0.4, 0.5) is 0 Å². The number of aldehydes is 1. The van der Waals surface area contributed by atoms with E-state index in [2.05, 4.69) is 0 Å². The van der Waals surface area contributed by atoms with Crippen LogP contribution in [0, 0.1) is 0 Å². The zero-order chi connectivity index (χ0) is 11.7. The van der Waals surface area contributed by atoms with Gasteiger partial charge >= 0.3 is 5.76 Å². The minimum absolute atomic E-state index is 0.146. The number of carbonyl (C=O) groups is 1. The van der Waals surface area contributed by atoms with Gasteiger partial charge in [-0.25, -0.2) is 4.79 Å². The summed E-state index contributed by atoms with van der Waals surface area (Å²) in [6, 6.07) is 5.59. The van der Waals surface area contributed by atoms with Crippen LogP contribution >= 0.6 is 0 Å². The Kier molecular flexibility index (Phi) is 2.64. The molecule has 0 N–H and O–H groups in total. The molecule has 0 aliphatic heterocycles. The third kappa shape index (κ3) is 1.66. The fraction of sp³-hybridized carbons (Fsp3) is 0.333. The number of rotatable bonds is 3. The zero-order valence-corrected chi connectivity index (χ0v) is 9.27. The van der Waals surface area contributed by atoms with Gasteiger partial charge in [0.2, 0.25) is 0 Å². The molecule has 1 aromatic heterocycles. The first-order valence-electron chi connectivity index (χ1n) is 5.16. The maximum absolute atomic E-state index is 11.3. The Hall–Kier alpha value is -1.84. The van der Waals surface area contributed by atoms with Gasteiger partial charge in [0, 0.05) is 13.5 Å². The number of aryl methyl sites for hydroxylation is 1. The third-order valence-electron chi connectivity index (χ3n) is 2.84. The van der Waals surface area contributed by atoms with Crippen LogP contribution in [-0.2, 0) is 11.8 Å². The number of aromatic nitrogens is 1. The van der Waals surface area contributed by atoms with Crippen LogP contribution < -0.4 is 5.76 Å². The van der Waals surface area contributed by atoms with Crippen LogP contribution in [0.15, 0.2) is 27.4 Å². The van der Waals surface area contributed by atoms with Crippen molar-refractivity contribution in [2.45, 2.75) is 19.3 Å². The highest BCUT2D eigenvalue weighted by Crippen LogP contribution is 2.22. The predicted octanol–water partition coefficient (Wildman–Crippen LogP) is 1.82. The maximum atomic E-state index is 11.3. The Labute approximate surface area is 92.5 Å². The first-order chi connectivity index (χ1) is 7.63. The third-order valence-corrected chi connectivity index (χ3v) is 2.84. The molecule has 16 heavy (non-hydrogen) atoms. The van der Waals surface area contributed by atoms with Crippen molar-refractivity contribution in [2.24, 2.45) is 7.05 Å². The number of benzene rings is 1. The molecule has 0 aliphatic rings. The lowest BCUT2D eigenvalue weighted by Crippen LogP contribution is -2.08. The number of carbonyl (C=O) groups excluding carboxylic acids is 1. The van der Waals surface area contributed by atoms with Gasteiger partial charge in [0.05, 0.1) is 5.52 Å². The van der Waals surface area contributed by atoms with E-state index >= 15 is 0 Å². The molecular weight excluding hydrogens is 206 g/mol. The summed E-state index contributed by atoms with van der Waals surface area (Å²) < 4.78 is 6.55. The van der Waals surface area contributed by atoms with E-state index in [1.807, 2.05) is 25.1 Å². The Morgan fingerprint density at radius 3 is 2.94 bits per heavy atom. The highest BCUT2D eigenvalue weighted by atomic mass is 16.4. The monoisotopic (exact) mass is 219 g/mol. The Morgan fingerprint density at radius 1 is 1.50 bits per heavy atom. The van der Waals surface area contributed by atoms with Crippen LogP contribution in [-0.4, -0.2) is 10.9 Å². The summed E-state index contributed by atoms with van der Waals surface area (Å²) >= 11 is 0. The molecule has 0 fully saturated rings.